The monoisotopic (exact) mass is 495 g/mol. The summed E-state index contributed by atoms with van der Waals surface area (Å²) in [7, 11) is 0. The van der Waals surface area contributed by atoms with Crippen LogP contribution in [0.4, 0.5) is 10.6 Å². The normalized spacial score (nSPS) is 15.5. The number of rotatable bonds is 10. The van der Waals surface area contributed by atoms with Gasteiger partial charge in [0.1, 0.15) is 17.7 Å². The van der Waals surface area contributed by atoms with Crippen molar-refractivity contribution in [2.45, 2.75) is 86.2 Å². The second kappa shape index (κ2) is 14.0. The molecule has 1 aliphatic rings. The molecule has 2 heterocycles. The van der Waals surface area contributed by atoms with Crippen LogP contribution in [0.3, 0.4) is 0 Å². The van der Waals surface area contributed by atoms with Crippen molar-refractivity contribution in [1.82, 2.24) is 14.9 Å². The highest BCUT2D eigenvalue weighted by Gasteiger charge is 2.28. The minimum Gasteiger partial charge on any atom is -0.444 e. The molecule has 0 aromatic carbocycles. The zero-order valence-electron chi connectivity index (χ0n) is 23.4. The molecule has 1 aromatic heterocycles. The predicted molar refractivity (Wildman–Crippen MR) is 151 cm³/mol. The number of aryl methyl sites for hydroxylation is 1. The summed E-state index contributed by atoms with van der Waals surface area (Å²) in [5.74, 6) is 0.879. The minimum atomic E-state index is -0.505. The predicted octanol–water partition coefficient (Wildman–Crippen LogP) is 6.75. The van der Waals surface area contributed by atoms with E-state index in [4.69, 9.17) is 9.72 Å². The number of piperazine rings is 1. The van der Waals surface area contributed by atoms with Crippen LogP contribution in [0, 0.1) is 6.92 Å². The van der Waals surface area contributed by atoms with Crippen molar-refractivity contribution in [3.63, 3.8) is 0 Å². The Labute approximate surface area is 218 Å². The third kappa shape index (κ3) is 8.61. The number of hydrogen-bond acceptors (Lipinski definition) is 6. The third-order valence-corrected chi connectivity index (χ3v) is 6.01. The second-order valence-electron chi connectivity index (χ2n) is 10.2. The minimum absolute atomic E-state index is 0.266. The maximum atomic E-state index is 12.5. The Morgan fingerprint density at radius 2 is 1.83 bits per heavy atom. The van der Waals surface area contributed by atoms with E-state index in [0.29, 0.717) is 26.2 Å². The van der Waals surface area contributed by atoms with Crippen LogP contribution in [0.2, 0.25) is 0 Å². The van der Waals surface area contributed by atoms with Crippen LogP contribution in [0.15, 0.2) is 41.8 Å². The average Bonchev–Trinajstić information content (AvgIpc) is 2.83. The topological polar surface area (TPSA) is 70.9 Å². The number of aliphatic imine (C=N–C) groups is 1. The first-order chi connectivity index (χ1) is 17.1. The highest BCUT2D eigenvalue weighted by molar-refractivity contribution is 6.12. The zero-order chi connectivity index (χ0) is 26.7. The zero-order valence-corrected chi connectivity index (χ0v) is 23.4. The SMILES string of the molecule is C=C(C(C)=N/C=C\CCC)/C(=C/CCCC)c1c(C)ncnc1N1CCN(C(=O)OC(C)(C)C)CC1. The number of hydrogen-bond donors (Lipinski definition) is 0. The summed E-state index contributed by atoms with van der Waals surface area (Å²) in [5, 5.41) is 0. The van der Waals surface area contributed by atoms with Crippen LogP contribution in [0.25, 0.3) is 5.57 Å². The van der Waals surface area contributed by atoms with E-state index >= 15 is 0 Å². The third-order valence-electron chi connectivity index (χ3n) is 6.01. The van der Waals surface area contributed by atoms with E-state index in [9.17, 15) is 4.79 Å². The molecule has 0 atom stereocenters. The molecule has 0 radical (unpaired) electrons. The van der Waals surface area contributed by atoms with Gasteiger partial charge in [-0.05, 0) is 58.6 Å². The number of unbranched alkanes of at least 4 members (excludes halogenated alkanes) is 3. The molecule has 0 aliphatic carbocycles. The van der Waals surface area contributed by atoms with E-state index in [1.165, 1.54) is 0 Å². The van der Waals surface area contributed by atoms with Crippen molar-refractivity contribution in [1.29, 1.82) is 0 Å². The lowest BCUT2D eigenvalue weighted by atomic mass is 9.93. The van der Waals surface area contributed by atoms with E-state index in [1.54, 1.807) is 11.2 Å². The molecule has 7 nitrogen and oxygen atoms in total. The summed E-state index contributed by atoms with van der Waals surface area (Å²) in [4.78, 5) is 30.5. The molecule has 1 aromatic rings. The van der Waals surface area contributed by atoms with Gasteiger partial charge < -0.3 is 14.5 Å². The molecular weight excluding hydrogens is 450 g/mol. The highest BCUT2D eigenvalue weighted by Crippen LogP contribution is 2.33. The molecule has 7 heteroatoms. The summed E-state index contributed by atoms with van der Waals surface area (Å²) < 4.78 is 5.56. The van der Waals surface area contributed by atoms with Crippen molar-refractivity contribution in [3.05, 3.63) is 48.1 Å². The van der Waals surface area contributed by atoms with Crippen molar-refractivity contribution in [3.8, 4) is 0 Å². The molecule has 1 fully saturated rings. The number of aromatic nitrogens is 2. The maximum absolute atomic E-state index is 12.5. The standard InChI is InChI=1S/C29H45N5O2/c1-9-11-13-15-25(22(3)23(4)30-16-14-12-10-2)26-24(5)31-21-32-27(26)33-17-19-34(20-18-33)28(35)36-29(6,7)8/h14-16,21H,3,9-13,17-20H2,1-2,4-8H3/b16-14-,25-15-,30-23?. The van der Waals surface area contributed by atoms with Gasteiger partial charge in [-0.25, -0.2) is 14.8 Å². The summed E-state index contributed by atoms with van der Waals surface area (Å²) in [6, 6.07) is 0. The van der Waals surface area contributed by atoms with E-state index < -0.39 is 5.60 Å². The van der Waals surface area contributed by atoms with Gasteiger partial charge in [-0.15, -0.1) is 0 Å². The van der Waals surface area contributed by atoms with Crippen LogP contribution >= 0.6 is 0 Å². The molecule has 0 unspecified atom stereocenters. The van der Waals surface area contributed by atoms with E-state index in [-0.39, 0.29) is 6.09 Å². The molecule has 1 aliphatic heterocycles. The fourth-order valence-electron chi connectivity index (χ4n) is 3.95. The molecular formula is C29H45N5O2. The first kappa shape index (κ1) is 29.3. The Hall–Kier alpha value is -2.96. The number of carbonyl (C=O) groups is 1. The van der Waals surface area contributed by atoms with E-state index in [1.807, 2.05) is 40.8 Å². The molecule has 2 rings (SSSR count). The van der Waals surface area contributed by atoms with Crippen LogP contribution < -0.4 is 4.90 Å². The summed E-state index contributed by atoms with van der Waals surface area (Å²) in [5.41, 5.74) is 4.21. The smallest absolute Gasteiger partial charge is 0.410 e. The molecule has 0 saturated carbocycles. The van der Waals surface area contributed by atoms with Gasteiger partial charge in [-0.1, -0.05) is 51.8 Å². The second-order valence-corrected chi connectivity index (χ2v) is 10.2. The molecule has 1 amide bonds. The molecule has 198 valence electrons. The van der Waals surface area contributed by atoms with Crippen LogP contribution in [-0.2, 0) is 4.74 Å². The Kier molecular flexibility index (Phi) is 11.3. The van der Waals surface area contributed by atoms with Crippen molar-refractivity contribution in [2.75, 3.05) is 31.1 Å². The largest absolute Gasteiger partial charge is 0.444 e. The van der Waals surface area contributed by atoms with Gasteiger partial charge in [0.2, 0.25) is 0 Å². The Morgan fingerprint density at radius 1 is 1.14 bits per heavy atom. The fraction of sp³-hybridized carbons (Fsp3) is 0.586. The van der Waals surface area contributed by atoms with Gasteiger partial charge in [0.15, 0.2) is 0 Å². The number of ether oxygens (including phenoxy) is 1. The maximum Gasteiger partial charge on any atom is 0.410 e. The summed E-state index contributed by atoms with van der Waals surface area (Å²) in [6.07, 6.45) is 12.8. The van der Waals surface area contributed by atoms with Crippen molar-refractivity contribution < 1.29 is 9.53 Å². The van der Waals surface area contributed by atoms with E-state index in [0.717, 1.165) is 66.0 Å². The molecule has 0 N–H and O–H groups in total. The average molecular weight is 496 g/mol. The van der Waals surface area contributed by atoms with Gasteiger partial charge in [-0.3, -0.25) is 4.99 Å². The van der Waals surface area contributed by atoms with Crippen LogP contribution in [-0.4, -0.2) is 58.5 Å². The Bertz CT molecular complexity index is 980. The first-order valence-corrected chi connectivity index (χ1v) is 13.2. The van der Waals surface area contributed by atoms with Crippen molar-refractivity contribution in [2.24, 2.45) is 4.99 Å². The van der Waals surface area contributed by atoms with Gasteiger partial charge in [-0.2, -0.15) is 0 Å². The number of anilines is 1. The lowest BCUT2D eigenvalue weighted by Gasteiger charge is -2.37. The number of allylic oxidation sites excluding steroid dienone is 4. The van der Waals surface area contributed by atoms with Gasteiger partial charge in [0.25, 0.3) is 0 Å². The van der Waals surface area contributed by atoms with Gasteiger partial charge in [0, 0.05) is 43.7 Å². The highest BCUT2D eigenvalue weighted by atomic mass is 16.6. The lowest BCUT2D eigenvalue weighted by molar-refractivity contribution is 0.0240. The van der Waals surface area contributed by atoms with Crippen LogP contribution in [0.5, 0.6) is 0 Å². The Morgan fingerprint density at radius 3 is 2.44 bits per heavy atom. The van der Waals surface area contributed by atoms with Crippen molar-refractivity contribution >= 4 is 23.2 Å². The lowest BCUT2D eigenvalue weighted by Crippen LogP contribution is -2.50. The molecule has 36 heavy (non-hydrogen) atoms. The quantitative estimate of drug-likeness (QED) is 0.204. The summed E-state index contributed by atoms with van der Waals surface area (Å²) >= 11 is 0. The molecule has 0 spiro atoms. The summed E-state index contributed by atoms with van der Waals surface area (Å²) in [6.45, 7) is 21.0. The number of amides is 1. The Balaban J connectivity index is 2.35. The number of carbonyl (C=O) groups excluding carboxylic acids is 1. The molecule has 0 bridgehead atoms. The van der Waals surface area contributed by atoms with Gasteiger partial charge >= 0.3 is 6.09 Å². The van der Waals surface area contributed by atoms with E-state index in [2.05, 4.69) is 47.5 Å². The van der Waals surface area contributed by atoms with Crippen LogP contribution in [0.1, 0.15) is 84.9 Å². The first-order valence-electron chi connectivity index (χ1n) is 13.2. The molecule has 1 saturated heterocycles. The fourth-order valence-corrected chi connectivity index (χ4v) is 3.95. The van der Waals surface area contributed by atoms with Gasteiger partial charge in [0.05, 0.1) is 5.69 Å². The number of nitrogens with zero attached hydrogens (tertiary/aromatic N) is 5.